The summed E-state index contributed by atoms with van der Waals surface area (Å²) in [5.41, 5.74) is 0.272. The molecular weight excluding hydrogens is 226 g/mol. The summed E-state index contributed by atoms with van der Waals surface area (Å²) in [6.45, 7) is 10.6. The van der Waals surface area contributed by atoms with E-state index in [0.717, 1.165) is 17.9 Å². The molecule has 1 fully saturated rings. The van der Waals surface area contributed by atoms with E-state index in [9.17, 15) is 0 Å². The van der Waals surface area contributed by atoms with Crippen molar-refractivity contribution in [3.63, 3.8) is 0 Å². The van der Waals surface area contributed by atoms with Crippen LogP contribution in [0.25, 0.3) is 0 Å². The maximum atomic E-state index is 5.75. The number of ether oxygens (including phenoxy) is 1. The molecule has 3 nitrogen and oxygen atoms in total. The SMILES string of the molecule is CCC[C@H]1O[C@H](C)/C(=N\O[Si](C)(C)C)S1. The van der Waals surface area contributed by atoms with E-state index in [2.05, 4.69) is 31.7 Å². The topological polar surface area (TPSA) is 30.8 Å². The maximum Gasteiger partial charge on any atom is 0.278 e. The Labute approximate surface area is 97.7 Å². The van der Waals surface area contributed by atoms with Gasteiger partial charge in [0.05, 0.1) is 0 Å². The lowest BCUT2D eigenvalue weighted by Gasteiger charge is -2.13. The first-order chi connectivity index (χ1) is 6.92. The van der Waals surface area contributed by atoms with Crippen molar-refractivity contribution >= 4 is 25.1 Å². The first kappa shape index (κ1) is 13.1. The summed E-state index contributed by atoms with van der Waals surface area (Å²) in [6, 6.07) is 0. The van der Waals surface area contributed by atoms with E-state index in [1.54, 1.807) is 11.8 Å². The summed E-state index contributed by atoms with van der Waals surface area (Å²) in [6.07, 6.45) is 2.33. The lowest BCUT2D eigenvalue weighted by atomic mass is 10.3. The Morgan fingerprint density at radius 1 is 1.47 bits per heavy atom. The molecule has 0 aromatic heterocycles. The van der Waals surface area contributed by atoms with Crippen LogP contribution in [-0.2, 0) is 9.26 Å². The van der Waals surface area contributed by atoms with E-state index < -0.39 is 8.32 Å². The van der Waals surface area contributed by atoms with Gasteiger partial charge in [0.25, 0.3) is 8.32 Å². The number of thioether (sulfide) groups is 1. The van der Waals surface area contributed by atoms with Gasteiger partial charge in [-0.1, -0.05) is 30.3 Å². The molecule has 1 rings (SSSR count). The van der Waals surface area contributed by atoms with Gasteiger partial charge in [-0.25, -0.2) is 0 Å². The van der Waals surface area contributed by atoms with Crippen LogP contribution in [0.4, 0.5) is 0 Å². The average Bonchev–Trinajstić information content (AvgIpc) is 2.42. The number of rotatable bonds is 4. The smallest absolute Gasteiger partial charge is 0.278 e. The average molecular weight is 247 g/mol. The van der Waals surface area contributed by atoms with Crippen LogP contribution in [0.2, 0.25) is 19.6 Å². The third kappa shape index (κ3) is 4.57. The summed E-state index contributed by atoms with van der Waals surface area (Å²) in [5, 5.41) is 5.22. The fourth-order valence-electron chi connectivity index (χ4n) is 1.18. The molecule has 1 aliphatic rings. The molecule has 0 amide bonds. The van der Waals surface area contributed by atoms with E-state index >= 15 is 0 Å². The van der Waals surface area contributed by atoms with Crippen LogP contribution in [0.3, 0.4) is 0 Å². The van der Waals surface area contributed by atoms with Crippen molar-refractivity contribution in [2.75, 3.05) is 0 Å². The van der Waals surface area contributed by atoms with E-state index in [1.165, 1.54) is 0 Å². The molecule has 5 heteroatoms. The van der Waals surface area contributed by atoms with Crippen molar-refractivity contribution in [2.45, 2.75) is 57.9 Å². The van der Waals surface area contributed by atoms with Crippen LogP contribution in [0, 0.1) is 0 Å². The third-order valence-corrected chi connectivity index (χ3v) is 3.79. The monoisotopic (exact) mass is 247 g/mol. The highest BCUT2D eigenvalue weighted by atomic mass is 32.2. The lowest BCUT2D eigenvalue weighted by molar-refractivity contribution is 0.0934. The van der Waals surface area contributed by atoms with Crippen LogP contribution in [-0.4, -0.2) is 24.9 Å². The van der Waals surface area contributed by atoms with E-state index in [4.69, 9.17) is 9.26 Å². The predicted octanol–water partition coefficient (Wildman–Crippen LogP) is 3.43. The fourth-order valence-corrected chi connectivity index (χ4v) is 2.80. The van der Waals surface area contributed by atoms with Crippen LogP contribution in [0.5, 0.6) is 0 Å². The van der Waals surface area contributed by atoms with Gasteiger partial charge in [0, 0.05) is 0 Å². The highest BCUT2D eigenvalue weighted by Gasteiger charge is 2.30. The minimum atomic E-state index is -1.55. The summed E-state index contributed by atoms with van der Waals surface area (Å²) in [5.74, 6) is 0. The Morgan fingerprint density at radius 3 is 2.67 bits per heavy atom. The zero-order valence-electron chi connectivity index (χ0n) is 10.2. The molecule has 0 unspecified atom stereocenters. The lowest BCUT2D eigenvalue weighted by Crippen LogP contribution is -2.23. The molecule has 15 heavy (non-hydrogen) atoms. The molecule has 88 valence electrons. The van der Waals surface area contributed by atoms with E-state index in [-0.39, 0.29) is 11.5 Å². The molecule has 0 aromatic carbocycles. The van der Waals surface area contributed by atoms with Gasteiger partial charge in [-0.2, -0.15) is 0 Å². The summed E-state index contributed by atoms with van der Waals surface area (Å²) in [7, 11) is -1.55. The van der Waals surface area contributed by atoms with E-state index in [0.29, 0.717) is 0 Å². The van der Waals surface area contributed by atoms with Crippen LogP contribution in [0.1, 0.15) is 26.7 Å². The van der Waals surface area contributed by atoms with Gasteiger partial charge in [0.1, 0.15) is 16.6 Å². The first-order valence-electron chi connectivity index (χ1n) is 5.50. The van der Waals surface area contributed by atoms with Crippen LogP contribution < -0.4 is 0 Å². The molecule has 0 spiro atoms. The van der Waals surface area contributed by atoms with Crippen molar-refractivity contribution < 1.29 is 9.26 Å². The highest BCUT2D eigenvalue weighted by Crippen LogP contribution is 2.31. The van der Waals surface area contributed by atoms with Gasteiger partial charge in [-0.05, 0) is 33.0 Å². The second-order valence-corrected chi connectivity index (χ2v) is 10.3. The minimum Gasteiger partial charge on any atom is -0.455 e. The van der Waals surface area contributed by atoms with Crippen LogP contribution >= 0.6 is 11.8 Å². The van der Waals surface area contributed by atoms with Crippen molar-refractivity contribution in [3.05, 3.63) is 0 Å². The number of hydrogen-bond donors (Lipinski definition) is 0. The molecule has 0 radical (unpaired) electrons. The third-order valence-electron chi connectivity index (χ3n) is 1.89. The van der Waals surface area contributed by atoms with Gasteiger partial charge in [-0.3, -0.25) is 0 Å². The maximum absolute atomic E-state index is 5.75. The number of oxime groups is 1. The Bertz CT molecular complexity index is 240. The first-order valence-corrected chi connectivity index (χ1v) is 9.79. The molecule has 0 N–H and O–H groups in total. The molecule has 1 aliphatic heterocycles. The number of nitrogens with zero attached hydrogens (tertiary/aromatic N) is 1. The molecule has 1 heterocycles. The summed E-state index contributed by atoms with van der Waals surface area (Å²) in [4.78, 5) is 0. The Morgan fingerprint density at radius 2 is 2.13 bits per heavy atom. The van der Waals surface area contributed by atoms with Gasteiger partial charge in [-0.15, -0.1) is 0 Å². The van der Waals surface area contributed by atoms with Crippen molar-refractivity contribution in [2.24, 2.45) is 5.16 Å². The summed E-state index contributed by atoms with van der Waals surface area (Å²) < 4.78 is 11.3. The van der Waals surface area contributed by atoms with Gasteiger partial charge in [0.2, 0.25) is 0 Å². The fraction of sp³-hybridized carbons (Fsp3) is 0.900. The second-order valence-electron chi connectivity index (χ2n) is 4.75. The van der Waals surface area contributed by atoms with Crippen molar-refractivity contribution in [1.29, 1.82) is 0 Å². The molecule has 0 aliphatic carbocycles. The number of hydrogen-bond acceptors (Lipinski definition) is 4. The molecule has 0 saturated carbocycles. The van der Waals surface area contributed by atoms with Crippen molar-refractivity contribution in [3.8, 4) is 0 Å². The van der Waals surface area contributed by atoms with Crippen molar-refractivity contribution in [1.82, 2.24) is 0 Å². The molecule has 2 atom stereocenters. The largest absolute Gasteiger partial charge is 0.455 e. The van der Waals surface area contributed by atoms with Gasteiger partial charge in [0.15, 0.2) is 0 Å². The van der Waals surface area contributed by atoms with Gasteiger partial charge >= 0.3 is 0 Å². The standard InChI is InChI=1S/C10H21NO2SSi/c1-6-7-9-12-8(2)10(14-9)11-13-15(3,4)5/h8-9H,6-7H2,1-5H3/b11-10+/t8-,9+/m1/s1. The quantitative estimate of drug-likeness (QED) is 0.563. The normalized spacial score (nSPS) is 29.8. The predicted molar refractivity (Wildman–Crippen MR) is 68.7 cm³/mol. The molecule has 0 bridgehead atoms. The Kier molecular flexibility index (Phi) is 4.67. The Balaban J connectivity index is 2.49. The zero-order valence-corrected chi connectivity index (χ0v) is 12.1. The minimum absolute atomic E-state index is 0.0999. The summed E-state index contributed by atoms with van der Waals surface area (Å²) >= 11 is 1.71. The second kappa shape index (κ2) is 5.36. The molecule has 1 saturated heterocycles. The molecular formula is C10H21NO2SSi. The zero-order chi connectivity index (χ0) is 11.5. The van der Waals surface area contributed by atoms with Crippen LogP contribution in [0.15, 0.2) is 5.16 Å². The van der Waals surface area contributed by atoms with Gasteiger partial charge < -0.3 is 9.26 Å². The highest BCUT2D eigenvalue weighted by molar-refractivity contribution is 8.14. The Hall–Kier alpha value is -0.00312. The van der Waals surface area contributed by atoms with E-state index in [1.807, 2.05) is 6.92 Å². The molecule has 0 aromatic rings.